The number of hydrogen-bond donors (Lipinski definition) is 1. The lowest BCUT2D eigenvalue weighted by Crippen LogP contribution is -2.15. The Kier molecular flexibility index (Phi) is 3.33. The van der Waals surface area contributed by atoms with Crippen molar-refractivity contribution in [2.45, 2.75) is 25.4 Å². The van der Waals surface area contributed by atoms with E-state index in [0.717, 1.165) is 22.8 Å². The average molecular weight is 283 g/mol. The monoisotopic (exact) mass is 282 g/mol. The van der Waals surface area contributed by atoms with Gasteiger partial charge in [0.25, 0.3) is 0 Å². The van der Waals surface area contributed by atoms with Crippen LogP contribution in [-0.2, 0) is 6.54 Å². The molecule has 1 heterocycles. The second-order valence-corrected chi connectivity index (χ2v) is 5.69. The first-order valence-electron chi connectivity index (χ1n) is 5.85. The van der Waals surface area contributed by atoms with E-state index < -0.39 is 5.82 Å². The molecule has 0 aliphatic heterocycles. The summed E-state index contributed by atoms with van der Waals surface area (Å²) in [6.45, 7) is 0.802. The number of halogens is 2. The summed E-state index contributed by atoms with van der Waals surface area (Å²) in [5, 5.41) is 6.46. The van der Waals surface area contributed by atoms with Gasteiger partial charge in [0.1, 0.15) is 10.8 Å². The van der Waals surface area contributed by atoms with Crippen LogP contribution in [0.4, 0.5) is 4.39 Å². The van der Waals surface area contributed by atoms with E-state index in [4.69, 9.17) is 11.6 Å². The highest BCUT2D eigenvalue weighted by molar-refractivity contribution is 7.13. The molecule has 5 heteroatoms. The summed E-state index contributed by atoms with van der Waals surface area (Å²) in [6, 6.07) is 5.38. The highest BCUT2D eigenvalue weighted by Gasteiger charge is 2.20. The minimum absolute atomic E-state index is 0.139. The third-order valence-corrected chi connectivity index (χ3v) is 4.10. The van der Waals surface area contributed by atoms with Crippen LogP contribution in [0.5, 0.6) is 0 Å². The quantitative estimate of drug-likeness (QED) is 0.921. The standard InChI is InChI=1S/C13H12ClFN2S/c14-11-5-8(1-4-12(11)15)13-17-10(7-18-13)6-16-9-2-3-9/h1,4-5,7,9,16H,2-3,6H2. The van der Waals surface area contributed by atoms with Gasteiger partial charge in [0.05, 0.1) is 10.7 Å². The lowest BCUT2D eigenvalue weighted by molar-refractivity contribution is 0.628. The summed E-state index contributed by atoms with van der Waals surface area (Å²) < 4.78 is 13.1. The number of aromatic nitrogens is 1. The predicted octanol–water partition coefficient (Wildman–Crippen LogP) is 3.85. The Morgan fingerprint density at radius 3 is 3.00 bits per heavy atom. The normalized spacial score (nSPS) is 15.0. The van der Waals surface area contributed by atoms with Crippen LogP contribution < -0.4 is 5.32 Å². The van der Waals surface area contributed by atoms with Gasteiger partial charge in [-0.15, -0.1) is 11.3 Å². The van der Waals surface area contributed by atoms with Crippen LogP contribution in [0.25, 0.3) is 10.6 Å². The fourth-order valence-electron chi connectivity index (χ4n) is 1.69. The van der Waals surface area contributed by atoms with Gasteiger partial charge in [-0.2, -0.15) is 0 Å². The summed E-state index contributed by atoms with van der Waals surface area (Å²) in [7, 11) is 0. The van der Waals surface area contributed by atoms with Gasteiger partial charge in [0, 0.05) is 23.5 Å². The second kappa shape index (κ2) is 4.96. The molecule has 0 radical (unpaired) electrons. The zero-order valence-corrected chi connectivity index (χ0v) is 11.2. The Balaban J connectivity index is 1.76. The van der Waals surface area contributed by atoms with Gasteiger partial charge in [-0.1, -0.05) is 11.6 Å². The van der Waals surface area contributed by atoms with Gasteiger partial charge in [-0.05, 0) is 31.0 Å². The molecule has 0 bridgehead atoms. The molecule has 1 aromatic heterocycles. The van der Waals surface area contributed by atoms with E-state index in [0.29, 0.717) is 6.04 Å². The van der Waals surface area contributed by atoms with Crippen molar-refractivity contribution in [2.24, 2.45) is 0 Å². The van der Waals surface area contributed by atoms with Crippen LogP contribution in [0.1, 0.15) is 18.5 Å². The molecule has 2 nitrogen and oxygen atoms in total. The summed E-state index contributed by atoms with van der Waals surface area (Å²) in [5.74, 6) is -0.396. The molecule has 1 aromatic carbocycles. The molecule has 18 heavy (non-hydrogen) atoms. The average Bonchev–Trinajstić information content (AvgIpc) is 3.08. The molecule has 1 N–H and O–H groups in total. The van der Waals surface area contributed by atoms with Crippen LogP contribution in [0.3, 0.4) is 0 Å². The van der Waals surface area contributed by atoms with Crippen molar-refractivity contribution in [1.29, 1.82) is 0 Å². The lowest BCUT2D eigenvalue weighted by Gasteiger charge is -1.99. The van der Waals surface area contributed by atoms with Crippen molar-refractivity contribution < 1.29 is 4.39 Å². The molecule has 0 spiro atoms. The molecular formula is C13H12ClFN2S. The van der Waals surface area contributed by atoms with E-state index in [2.05, 4.69) is 10.3 Å². The fraction of sp³-hybridized carbons (Fsp3) is 0.308. The third kappa shape index (κ3) is 2.71. The molecule has 3 rings (SSSR count). The minimum atomic E-state index is -0.396. The molecule has 0 unspecified atom stereocenters. The molecule has 1 aliphatic carbocycles. The van der Waals surface area contributed by atoms with E-state index in [1.54, 1.807) is 23.5 Å². The Hall–Kier alpha value is -0.970. The number of thiazole rings is 1. The van der Waals surface area contributed by atoms with E-state index >= 15 is 0 Å². The number of nitrogens with zero attached hydrogens (tertiary/aromatic N) is 1. The Morgan fingerprint density at radius 1 is 1.44 bits per heavy atom. The zero-order valence-electron chi connectivity index (χ0n) is 9.62. The Labute approximate surface area is 114 Å². The van der Waals surface area contributed by atoms with Crippen LogP contribution in [0.15, 0.2) is 23.6 Å². The first-order valence-corrected chi connectivity index (χ1v) is 7.11. The fourth-order valence-corrected chi connectivity index (χ4v) is 2.68. The maximum Gasteiger partial charge on any atom is 0.141 e. The maximum absolute atomic E-state index is 13.1. The number of benzene rings is 1. The molecule has 0 saturated heterocycles. The van der Waals surface area contributed by atoms with Gasteiger partial charge >= 0.3 is 0 Å². The van der Waals surface area contributed by atoms with Crippen molar-refractivity contribution in [2.75, 3.05) is 0 Å². The van der Waals surface area contributed by atoms with E-state index in [1.807, 2.05) is 5.38 Å². The van der Waals surface area contributed by atoms with E-state index in [-0.39, 0.29) is 5.02 Å². The van der Waals surface area contributed by atoms with E-state index in [9.17, 15) is 4.39 Å². The van der Waals surface area contributed by atoms with Crippen LogP contribution in [0.2, 0.25) is 5.02 Å². The smallest absolute Gasteiger partial charge is 0.141 e. The molecule has 1 aliphatic rings. The molecule has 1 saturated carbocycles. The summed E-state index contributed by atoms with van der Waals surface area (Å²) >= 11 is 7.33. The van der Waals surface area contributed by atoms with Crippen LogP contribution in [0, 0.1) is 5.82 Å². The number of hydrogen-bond acceptors (Lipinski definition) is 3. The molecule has 2 aromatic rings. The van der Waals surface area contributed by atoms with Crippen LogP contribution >= 0.6 is 22.9 Å². The van der Waals surface area contributed by atoms with E-state index in [1.165, 1.54) is 18.9 Å². The van der Waals surface area contributed by atoms with Gasteiger partial charge < -0.3 is 5.32 Å². The topological polar surface area (TPSA) is 24.9 Å². The van der Waals surface area contributed by atoms with Gasteiger partial charge in [-0.25, -0.2) is 9.37 Å². The largest absolute Gasteiger partial charge is 0.308 e. The molecule has 94 valence electrons. The van der Waals surface area contributed by atoms with Gasteiger partial charge in [0.15, 0.2) is 0 Å². The zero-order chi connectivity index (χ0) is 12.5. The third-order valence-electron chi connectivity index (χ3n) is 2.87. The molecule has 1 fully saturated rings. The lowest BCUT2D eigenvalue weighted by atomic mass is 10.2. The molecule has 0 amide bonds. The van der Waals surface area contributed by atoms with Crippen molar-refractivity contribution >= 4 is 22.9 Å². The summed E-state index contributed by atoms with van der Waals surface area (Å²) in [4.78, 5) is 4.53. The molecule has 0 atom stereocenters. The maximum atomic E-state index is 13.1. The Bertz CT molecular complexity index is 566. The summed E-state index contributed by atoms with van der Waals surface area (Å²) in [5.41, 5.74) is 1.89. The SMILES string of the molecule is Fc1ccc(-c2nc(CNC3CC3)cs2)cc1Cl. The highest BCUT2D eigenvalue weighted by Crippen LogP contribution is 2.28. The highest BCUT2D eigenvalue weighted by atomic mass is 35.5. The van der Waals surface area contributed by atoms with Crippen molar-refractivity contribution in [3.63, 3.8) is 0 Å². The van der Waals surface area contributed by atoms with Crippen LogP contribution in [-0.4, -0.2) is 11.0 Å². The predicted molar refractivity (Wildman–Crippen MR) is 72.4 cm³/mol. The number of nitrogens with one attached hydrogen (secondary N) is 1. The Morgan fingerprint density at radius 2 is 2.28 bits per heavy atom. The van der Waals surface area contributed by atoms with Crippen molar-refractivity contribution in [3.8, 4) is 10.6 Å². The summed E-state index contributed by atoms with van der Waals surface area (Å²) in [6.07, 6.45) is 2.54. The van der Waals surface area contributed by atoms with Gasteiger partial charge in [-0.3, -0.25) is 0 Å². The molecular weight excluding hydrogens is 271 g/mol. The van der Waals surface area contributed by atoms with Crippen molar-refractivity contribution in [3.05, 3.63) is 40.1 Å². The first kappa shape index (κ1) is 12.1. The second-order valence-electron chi connectivity index (χ2n) is 4.43. The van der Waals surface area contributed by atoms with Crippen molar-refractivity contribution in [1.82, 2.24) is 10.3 Å². The number of rotatable bonds is 4. The first-order chi connectivity index (χ1) is 8.72. The van der Waals surface area contributed by atoms with Gasteiger partial charge in [0.2, 0.25) is 0 Å². The minimum Gasteiger partial charge on any atom is -0.308 e.